The quantitative estimate of drug-likeness (QED) is 0.528. The Labute approximate surface area is 188 Å². The zero-order valence-electron chi connectivity index (χ0n) is 18.4. The first-order valence-electron chi connectivity index (χ1n) is 10.8. The number of methoxy groups -OCH3 is 2. The Morgan fingerprint density at radius 1 is 0.938 bits per heavy atom. The molecule has 0 bridgehead atoms. The van der Waals surface area contributed by atoms with Crippen LogP contribution in [0.5, 0.6) is 23.0 Å². The van der Waals surface area contributed by atoms with Gasteiger partial charge in [0.05, 0.1) is 38.1 Å². The fourth-order valence-corrected chi connectivity index (χ4v) is 4.36. The van der Waals surface area contributed by atoms with E-state index in [-0.39, 0.29) is 6.04 Å². The number of benzene rings is 3. The van der Waals surface area contributed by atoms with E-state index in [0.717, 1.165) is 51.8 Å². The first kappa shape index (κ1) is 20.2. The maximum absolute atomic E-state index is 6.47. The number of hydrazone groups is 1. The van der Waals surface area contributed by atoms with Gasteiger partial charge in [-0.1, -0.05) is 18.2 Å². The largest absolute Gasteiger partial charge is 0.497 e. The van der Waals surface area contributed by atoms with E-state index >= 15 is 0 Å². The molecule has 0 radical (unpaired) electrons. The number of para-hydroxylation sites is 1. The van der Waals surface area contributed by atoms with E-state index in [4.69, 9.17) is 24.0 Å². The molecule has 0 aliphatic carbocycles. The van der Waals surface area contributed by atoms with E-state index < -0.39 is 6.23 Å². The van der Waals surface area contributed by atoms with Gasteiger partial charge in [0.25, 0.3) is 0 Å². The van der Waals surface area contributed by atoms with Crippen LogP contribution in [0.1, 0.15) is 42.3 Å². The van der Waals surface area contributed by atoms with Crippen LogP contribution >= 0.6 is 0 Å². The van der Waals surface area contributed by atoms with Crippen LogP contribution in [0.3, 0.4) is 0 Å². The van der Waals surface area contributed by atoms with Gasteiger partial charge in [-0.3, -0.25) is 0 Å². The Bertz CT molecular complexity index is 1140. The van der Waals surface area contributed by atoms with Crippen molar-refractivity contribution < 1.29 is 18.9 Å². The van der Waals surface area contributed by atoms with Crippen LogP contribution in [0.25, 0.3) is 0 Å². The Hall–Kier alpha value is -3.67. The Morgan fingerprint density at radius 3 is 2.47 bits per heavy atom. The van der Waals surface area contributed by atoms with Gasteiger partial charge in [0.15, 0.2) is 0 Å². The van der Waals surface area contributed by atoms with Gasteiger partial charge in [-0.05, 0) is 61.0 Å². The van der Waals surface area contributed by atoms with Crippen molar-refractivity contribution in [1.82, 2.24) is 5.01 Å². The molecule has 2 aliphatic heterocycles. The molecule has 0 N–H and O–H groups in total. The van der Waals surface area contributed by atoms with Gasteiger partial charge < -0.3 is 18.9 Å². The van der Waals surface area contributed by atoms with Crippen LogP contribution in [0, 0.1) is 0 Å². The van der Waals surface area contributed by atoms with E-state index in [1.165, 1.54) is 0 Å². The van der Waals surface area contributed by atoms with Crippen LogP contribution in [0.15, 0.2) is 71.8 Å². The van der Waals surface area contributed by atoms with E-state index in [1.807, 2.05) is 60.5 Å². The number of nitrogens with zero attached hydrogens (tertiary/aromatic N) is 2. The molecule has 3 aromatic carbocycles. The average molecular weight is 431 g/mol. The van der Waals surface area contributed by atoms with Gasteiger partial charge in [-0.25, -0.2) is 5.01 Å². The molecular weight excluding hydrogens is 404 g/mol. The molecule has 0 amide bonds. The highest BCUT2D eigenvalue weighted by Gasteiger charge is 2.42. The van der Waals surface area contributed by atoms with Crippen molar-refractivity contribution in [1.29, 1.82) is 0 Å². The second-order valence-corrected chi connectivity index (χ2v) is 7.72. The fraction of sp³-hybridized carbons (Fsp3) is 0.269. The maximum atomic E-state index is 6.47. The lowest BCUT2D eigenvalue weighted by atomic mass is 9.95. The molecule has 0 saturated heterocycles. The molecule has 0 saturated carbocycles. The normalized spacial score (nSPS) is 18.8. The second-order valence-electron chi connectivity index (χ2n) is 7.72. The highest BCUT2D eigenvalue weighted by molar-refractivity contribution is 6.02. The monoisotopic (exact) mass is 430 g/mol. The van der Waals surface area contributed by atoms with Crippen molar-refractivity contribution in [3.05, 3.63) is 83.4 Å². The summed E-state index contributed by atoms with van der Waals surface area (Å²) in [5, 5.41) is 7.08. The maximum Gasteiger partial charge on any atom is 0.217 e. The van der Waals surface area contributed by atoms with Gasteiger partial charge in [0.2, 0.25) is 6.23 Å². The highest BCUT2D eigenvalue weighted by atomic mass is 16.5. The summed E-state index contributed by atoms with van der Waals surface area (Å²) in [4.78, 5) is 0. The van der Waals surface area contributed by atoms with Gasteiger partial charge in [-0.2, -0.15) is 5.10 Å². The molecular formula is C26H26N2O4. The molecule has 3 aromatic rings. The molecule has 0 unspecified atom stereocenters. The Kier molecular flexibility index (Phi) is 5.35. The number of ether oxygens (including phenoxy) is 4. The van der Waals surface area contributed by atoms with E-state index in [0.29, 0.717) is 6.61 Å². The van der Waals surface area contributed by atoms with Gasteiger partial charge in [0, 0.05) is 12.0 Å². The summed E-state index contributed by atoms with van der Waals surface area (Å²) in [7, 11) is 3.32. The molecule has 2 aliphatic rings. The summed E-state index contributed by atoms with van der Waals surface area (Å²) < 4.78 is 23.2. The van der Waals surface area contributed by atoms with Crippen LogP contribution < -0.4 is 18.9 Å². The van der Waals surface area contributed by atoms with Crippen molar-refractivity contribution in [2.45, 2.75) is 25.6 Å². The lowest BCUT2D eigenvalue weighted by Crippen LogP contribution is -2.33. The third kappa shape index (κ3) is 3.51. The summed E-state index contributed by atoms with van der Waals surface area (Å²) in [5.74, 6) is 3.21. The average Bonchev–Trinajstić information content (AvgIpc) is 3.29. The van der Waals surface area contributed by atoms with Gasteiger partial charge in [0.1, 0.15) is 23.0 Å². The fourth-order valence-electron chi connectivity index (χ4n) is 4.36. The van der Waals surface area contributed by atoms with Crippen LogP contribution in [0.4, 0.5) is 0 Å². The van der Waals surface area contributed by atoms with E-state index in [1.54, 1.807) is 14.2 Å². The molecule has 0 fully saturated rings. The van der Waals surface area contributed by atoms with Gasteiger partial charge in [-0.15, -0.1) is 0 Å². The number of hydrogen-bond acceptors (Lipinski definition) is 6. The SMILES string of the molecule is CCOc1ccc(C2=NN3[C@H](C2)c2ccccc2O[C@H]3c2cc(OC)ccc2OC)cc1. The summed E-state index contributed by atoms with van der Waals surface area (Å²) in [5.41, 5.74) is 4.11. The van der Waals surface area contributed by atoms with Crippen molar-refractivity contribution in [2.24, 2.45) is 5.10 Å². The second kappa shape index (κ2) is 8.46. The third-order valence-electron chi connectivity index (χ3n) is 5.90. The number of hydrogen-bond donors (Lipinski definition) is 0. The predicted octanol–water partition coefficient (Wildman–Crippen LogP) is 5.34. The summed E-state index contributed by atoms with van der Waals surface area (Å²) in [6.45, 7) is 2.63. The molecule has 0 aromatic heterocycles. The summed E-state index contributed by atoms with van der Waals surface area (Å²) in [6.07, 6.45) is 0.358. The zero-order chi connectivity index (χ0) is 22.1. The molecule has 32 heavy (non-hydrogen) atoms. The van der Waals surface area contributed by atoms with Crippen molar-refractivity contribution >= 4 is 5.71 Å². The lowest BCUT2D eigenvalue weighted by Gasteiger charge is -2.38. The minimum atomic E-state index is -0.430. The van der Waals surface area contributed by atoms with Crippen LogP contribution in [0.2, 0.25) is 0 Å². The molecule has 6 heteroatoms. The van der Waals surface area contributed by atoms with Crippen molar-refractivity contribution in [3.63, 3.8) is 0 Å². The van der Waals surface area contributed by atoms with Crippen LogP contribution in [-0.2, 0) is 0 Å². The Balaban J connectivity index is 1.57. The van der Waals surface area contributed by atoms with E-state index in [2.05, 4.69) is 18.2 Å². The standard InChI is InChI=1S/C26H26N2O4/c1-4-31-18-11-9-17(10-12-18)22-16-23-20-7-5-6-8-25(20)32-26(28(23)27-22)21-15-19(29-2)13-14-24(21)30-3/h5-15,23,26H,4,16H2,1-3H3/t23-,26+/m1/s1. The first-order chi connectivity index (χ1) is 15.7. The summed E-state index contributed by atoms with van der Waals surface area (Å²) in [6, 6.07) is 22.1. The van der Waals surface area contributed by atoms with Crippen molar-refractivity contribution in [2.75, 3.05) is 20.8 Å². The minimum absolute atomic E-state index is 0.0717. The molecule has 2 heterocycles. The smallest absolute Gasteiger partial charge is 0.217 e. The molecule has 2 atom stereocenters. The highest BCUT2D eigenvalue weighted by Crippen LogP contribution is 2.49. The predicted molar refractivity (Wildman–Crippen MR) is 123 cm³/mol. The number of fused-ring (bicyclic) bond motifs is 3. The number of rotatable bonds is 6. The van der Waals surface area contributed by atoms with Crippen LogP contribution in [-0.4, -0.2) is 31.5 Å². The molecule has 6 nitrogen and oxygen atoms in total. The lowest BCUT2D eigenvalue weighted by molar-refractivity contribution is -0.0204. The molecule has 0 spiro atoms. The minimum Gasteiger partial charge on any atom is -0.497 e. The zero-order valence-corrected chi connectivity index (χ0v) is 18.4. The molecule has 164 valence electrons. The van der Waals surface area contributed by atoms with Crippen molar-refractivity contribution in [3.8, 4) is 23.0 Å². The Morgan fingerprint density at radius 2 is 1.72 bits per heavy atom. The first-order valence-corrected chi connectivity index (χ1v) is 10.8. The topological polar surface area (TPSA) is 52.5 Å². The molecule has 5 rings (SSSR count). The van der Waals surface area contributed by atoms with Gasteiger partial charge >= 0.3 is 0 Å². The third-order valence-corrected chi connectivity index (χ3v) is 5.90. The van der Waals surface area contributed by atoms with E-state index in [9.17, 15) is 0 Å². The summed E-state index contributed by atoms with van der Waals surface area (Å²) >= 11 is 0.